The molecule has 2 aromatic carbocycles. The minimum absolute atomic E-state index is 0.251. The van der Waals surface area contributed by atoms with Crippen LogP contribution in [0.25, 0.3) is 11.1 Å². The van der Waals surface area contributed by atoms with Crippen molar-refractivity contribution in [3.8, 4) is 11.1 Å². The van der Waals surface area contributed by atoms with Crippen LogP contribution in [-0.2, 0) is 6.54 Å². The van der Waals surface area contributed by atoms with Gasteiger partial charge in [-0.2, -0.15) is 0 Å². The Kier molecular flexibility index (Phi) is 3.46. The maximum absolute atomic E-state index is 13.3. The molecule has 0 atom stereocenters. The second-order valence-corrected chi connectivity index (χ2v) is 4.44. The van der Waals surface area contributed by atoms with Crippen molar-refractivity contribution in [2.24, 2.45) is 5.73 Å². The van der Waals surface area contributed by atoms with Crippen LogP contribution >= 0.6 is 11.6 Å². The summed E-state index contributed by atoms with van der Waals surface area (Å²) in [5, 5.41) is 0.595. The topological polar surface area (TPSA) is 26.0 Å². The highest BCUT2D eigenvalue weighted by Gasteiger charge is 2.06. The summed E-state index contributed by atoms with van der Waals surface area (Å²) in [7, 11) is 0. The second-order valence-electron chi connectivity index (χ2n) is 4.04. The largest absolute Gasteiger partial charge is 0.326 e. The zero-order valence-corrected chi connectivity index (χ0v) is 10.3. The van der Waals surface area contributed by atoms with Gasteiger partial charge in [-0.05, 0) is 41.8 Å². The van der Waals surface area contributed by atoms with Gasteiger partial charge in [0.2, 0.25) is 0 Å². The summed E-state index contributed by atoms with van der Waals surface area (Å²) in [5.41, 5.74) is 8.99. The fourth-order valence-electron chi connectivity index (χ4n) is 1.81. The fraction of sp³-hybridized carbons (Fsp3) is 0.143. The Hall–Kier alpha value is -1.38. The van der Waals surface area contributed by atoms with Crippen LogP contribution in [0.15, 0.2) is 36.4 Å². The summed E-state index contributed by atoms with van der Waals surface area (Å²) in [5.74, 6) is -0.251. The average Bonchev–Trinajstić information content (AvgIpc) is 2.27. The van der Waals surface area contributed by atoms with Gasteiger partial charge in [-0.15, -0.1) is 0 Å². The summed E-state index contributed by atoms with van der Waals surface area (Å²) in [4.78, 5) is 0. The van der Waals surface area contributed by atoms with Crippen LogP contribution in [0.3, 0.4) is 0 Å². The van der Waals surface area contributed by atoms with Crippen molar-refractivity contribution in [3.63, 3.8) is 0 Å². The Bertz CT molecular complexity index is 532. The van der Waals surface area contributed by atoms with E-state index in [4.69, 9.17) is 17.3 Å². The first-order chi connectivity index (χ1) is 8.10. The number of benzene rings is 2. The molecule has 0 aromatic heterocycles. The van der Waals surface area contributed by atoms with E-state index in [1.807, 2.05) is 31.2 Å². The van der Waals surface area contributed by atoms with Crippen LogP contribution in [0, 0.1) is 12.7 Å². The van der Waals surface area contributed by atoms with Gasteiger partial charge >= 0.3 is 0 Å². The third-order valence-corrected chi connectivity index (χ3v) is 2.94. The standard InChI is InChI=1S/C14H13ClFN/c1-9-4-11(7-12(16)5-9)13-3-2-10(8-17)6-14(13)15/h2-7H,8,17H2,1H3. The summed E-state index contributed by atoms with van der Waals surface area (Å²) in [6, 6.07) is 10.5. The van der Waals surface area contributed by atoms with Crippen LogP contribution in [0.1, 0.15) is 11.1 Å². The Morgan fingerprint density at radius 2 is 1.94 bits per heavy atom. The third-order valence-electron chi connectivity index (χ3n) is 2.62. The molecule has 2 rings (SSSR count). The molecule has 0 amide bonds. The van der Waals surface area contributed by atoms with Crippen LogP contribution in [0.4, 0.5) is 4.39 Å². The quantitative estimate of drug-likeness (QED) is 0.858. The van der Waals surface area contributed by atoms with Crippen molar-refractivity contribution in [1.29, 1.82) is 0 Å². The molecule has 0 fully saturated rings. The number of rotatable bonds is 2. The predicted molar refractivity (Wildman–Crippen MR) is 69.5 cm³/mol. The lowest BCUT2D eigenvalue weighted by Crippen LogP contribution is -1.96. The average molecular weight is 250 g/mol. The molecule has 0 unspecified atom stereocenters. The Labute approximate surface area is 105 Å². The van der Waals surface area contributed by atoms with E-state index in [1.54, 1.807) is 0 Å². The van der Waals surface area contributed by atoms with Crippen LogP contribution in [-0.4, -0.2) is 0 Å². The van der Waals surface area contributed by atoms with Gasteiger partial charge in [0.05, 0.1) is 0 Å². The van der Waals surface area contributed by atoms with Crippen LogP contribution in [0.5, 0.6) is 0 Å². The molecule has 0 aliphatic carbocycles. The van der Waals surface area contributed by atoms with Gasteiger partial charge in [-0.25, -0.2) is 4.39 Å². The van der Waals surface area contributed by atoms with Gasteiger partial charge < -0.3 is 5.73 Å². The highest BCUT2D eigenvalue weighted by molar-refractivity contribution is 6.33. The van der Waals surface area contributed by atoms with E-state index in [-0.39, 0.29) is 5.82 Å². The molecular formula is C14H13ClFN. The Morgan fingerprint density at radius 1 is 1.18 bits per heavy atom. The molecular weight excluding hydrogens is 237 g/mol. The number of halogens is 2. The number of hydrogen-bond donors (Lipinski definition) is 1. The molecule has 0 aliphatic heterocycles. The van der Waals surface area contributed by atoms with E-state index < -0.39 is 0 Å². The Morgan fingerprint density at radius 3 is 2.53 bits per heavy atom. The molecule has 0 heterocycles. The SMILES string of the molecule is Cc1cc(F)cc(-c2ccc(CN)cc2Cl)c1. The molecule has 0 aliphatic rings. The van der Waals surface area contributed by atoms with Gasteiger partial charge in [-0.1, -0.05) is 29.8 Å². The smallest absolute Gasteiger partial charge is 0.124 e. The minimum Gasteiger partial charge on any atom is -0.326 e. The minimum atomic E-state index is -0.251. The molecule has 3 heteroatoms. The van der Waals surface area contributed by atoms with Crippen molar-refractivity contribution in [1.82, 2.24) is 0 Å². The van der Waals surface area contributed by atoms with Crippen molar-refractivity contribution in [2.75, 3.05) is 0 Å². The van der Waals surface area contributed by atoms with Gasteiger partial charge in [-0.3, -0.25) is 0 Å². The van der Waals surface area contributed by atoms with Crippen LogP contribution in [0.2, 0.25) is 5.02 Å². The normalized spacial score (nSPS) is 10.6. The lowest BCUT2D eigenvalue weighted by molar-refractivity contribution is 0.627. The first kappa shape index (κ1) is 12.1. The first-order valence-electron chi connectivity index (χ1n) is 5.36. The molecule has 0 saturated heterocycles. The van der Waals surface area contributed by atoms with Crippen molar-refractivity contribution < 1.29 is 4.39 Å². The summed E-state index contributed by atoms with van der Waals surface area (Å²) in [6.07, 6.45) is 0. The molecule has 1 nitrogen and oxygen atoms in total. The van der Waals surface area contributed by atoms with E-state index in [2.05, 4.69) is 0 Å². The molecule has 0 spiro atoms. The zero-order chi connectivity index (χ0) is 12.4. The molecule has 2 aromatic rings. The van der Waals surface area contributed by atoms with E-state index in [9.17, 15) is 4.39 Å². The van der Waals surface area contributed by atoms with Gasteiger partial charge in [0.1, 0.15) is 5.82 Å². The maximum Gasteiger partial charge on any atom is 0.124 e. The lowest BCUT2D eigenvalue weighted by Gasteiger charge is -2.07. The maximum atomic E-state index is 13.3. The molecule has 0 saturated carbocycles. The highest BCUT2D eigenvalue weighted by atomic mass is 35.5. The second kappa shape index (κ2) is 4.86. The third kappa shape index (κ3) is 2.65. The molecule has 0 radical (unpaired) electrons. The van der Waals surface area contributed by atoms with E-state index in [1.165, 1.54) is 12.1 Å². The fourth-order valence-corrected chi connectivity index (χ4v) is 2.12. The van der Waals surface area contributed by atoms with Gasteiger partial charge in [0, 0.05) is 17.1 Å². The molecule has 0 bridgehead atoms. The van der Waals surface area contributed by atoms with E-state index in [0.717, 1.165) is 22.3 Å². The van der Waals surface area contributed by atoms with Crippen molar-refractivity contribution >= 4 is 11.6 Å². The molecule has 17 heavy (non-hydrogen) atoms. The van der Waals surface area contributed by atoms with Crippen molar-refractivity contribution in [2.45, 2.75) is 13.5 Å². The van der Waals surface area contributed by atoms with Crippen molar-refractivity contribution in [3.05, 3.63) is 58.4 Å². The summed E-state index contributed by atoms with van der Waals surface area (Å²) < 4.78 is 13.3. The predicted octanol–water partition coefficient (Wildman–Crippen LogP) is 3.91. The lowest BCUT2D eigenvalue weighted by atomic mass is 10.0. The van der Waals surface area contributed by atoms with E-state index in [0.29, 0.717) is 11.6 Å². The summed E-state index contributed by atoms with van der Waals surface area (Å²) >= 11 is 6.17. The van der Waals surface area contributed by atoms with E-state index >= 15 is 0 Å². The highest BCUT2D eigenvalue weighted by Crippen LogP contribution is 2.29. The number of nitrogens with two attached hydrogens (primary N) is 1. The summed E-state index contributed by atoms with van der Waals surface area (Å²) in [6.45, 7) is 2.30. The van der Waals surface area contributed by atoms with Crippen LogP contribution < -0.4 is 5.73 Å². The molecule has 2 N–H and O–H groups in total. The Balaban J connectivity index is 2.52. The first-order valence-corrected chi connectivity index (χ1v) is 5.74. The zero-order valence-electron chi connectivity index (χ0n) is 9.50. The van der Waals surface area contributed by atoms with Gasteiger partial charge in [0.15, 0.2) is 0 Å². The number of aryl methyl sites for hydroxylation is 1. The molecule has 88 valence electrons. The van der Waals surface area contributed by atoms with Gasteiger partial charge in [0.25, 0.3) is 0 Å². The monoisotopic (exact) mass is 249 g/mol. The number of hydrogen-bond acceptors (Lipinski definition) is 1.